The molecule has 4 nitrogen and oxygen atoms in total. The van der Waals surface area contributed by atoms with E-state index in [2.05, 4.69) is 16.3 Å². The van der Waals surface area contributed by atoms with Gasteiger partial charge in [-0.1, -0.05) is 13.8 Å². The summed E-state index contributed by atoms with van der Waals surface area (Å²) >= 11 is 0. The van der Waals surface area contributed by atoms with E-state index >= 15 is 0 Å². The first kappa shape index (κ1) is 17.4. The van der Waals surface area contributed by atoms with Gasteiger partial charge >= 0.3 is 51.4 Å². The smallest absolute Gasteiger partial charge is 0.541 e. The Kier molecular flexibility index (Phi) is 5.97. The Balaban J connectivity index is 0.00000200. The van der Waals surface area contributed by atoms with Crippen LogP contribution in [0.25, 0.3) is 11.3 Å². The maximum Gasteiger partial charge on any atom is 1.00 e. The van der Waals surface area contributed by atoms with E-state index in [1.54, 1.807) is 19.9 Å². The van der Waals surface area contributed by atoms with Crippen LogP contribution in [0.1, 0.15) is 19.4 Å². The number of carbonyl (C=O) groups excluding carboxylic acids is 1. The molecule has 0 aliphatic rings. The van der Waals surface area contributed by atoms with Crippen LogP contribution >= 0.6 is 0 Å². The van der Waals surface area contributed by atoms with Crippen LogP contribution in [0.2, 0.25) is 0 Å². The predicted octanol–water partition coefficient (Wildman–Crippen LogP) is -1.23. The summed E-state index contributed by atoms with van der Waals surface area (Å²) in [7, 11) is 0. The number of hydrogen-bond acceptors (Lipinski definition) is 3. The molecular formula is C14H11FKN2O2-. The molecule has 98 valence electrons. The van der Waals surface area contributed by atoms with Crippen LogP contribution in [0, 0.1) is 11.9 Å². The van der Waals surface area contributed by atoms with E-state index in [0.717, 1.165) is 0 Å². The molecule has 1 heterocycles. The number of hydrogen-bond donors (Lipinski definition) is 1. The number of nitrogens with one attached hydrogen (secondary N) is 1. The van der Waals surface area contributed by atoms with E-state index in [1.165, 1.54) is 18.2 Å². The van der Waals surface area contributed by atoms with Gasteiger partial charge in [0.15, 0.2) is 0 Å². The van der Waals surface area contributed by atoms with Crippen molar-refractivity contribution in [3.63, 3.8) is 0 Å². The van der Waals surface area contributed by atoms with Gasteiger partial charge in [-0.15, -0.1) is 23.1 Å². The monoisotopic (exact) mass is 297 g/mol. The van der Waals surface area contributed by atoms with Gasteiger partial charge in [0.2, 0.25) is 0 Å². The van der Waals surface area contributed by atoms with E-state index in [-0.39, 0.29) is 56.9 Å². The van der Waals surface area contributed by atoms with Crippen molar-refractivity contribution in [2.75, 3.05) is 0 Å². The van der Waals surface area contributed by atoms with Crippen molar-refractivity contribution in [1.29, 1.82) is 0 Å². The largest absolute Gasteiger partial charge is 1.00 e. The number of benzene rings is 1. The summed E-state index contributed by atoms with van der Waals surface area (Å²) in [5.41, 5.74) is -0.0424. The quantitative estimate of drug-likeness (QED) is 0.570. The normalized spacial score (nSPS) is 10.8. The van der Waals surface area contributed by atoms with Crippen LogP contribution in [-0.2, 0) is 10.2 Å². The van der Waals surface area contributed by atoms with Crippen LogP contribution in [0.5, 0.6) is 0 Å². The summed E-state index contributed by atoms with van der Waals surface area (Å²) in [5, 5.41) is 6.10. The van der Waals surface area contributed by atoms with Crippen molar-refractivity contribution in [1.82, 2.24) is 10.2 Å². The van der Waals surface area contributed by atoms with Crippen LogP contribution in [-0.4, -0.2) is 16.5 Å². The minimum absolute atomic E-state index is 0. The molecule has 0 bridgehead atoms. The summed E-state index contributed by atoms with van der Waals surface area (Å²) in [6.07, 6.45) is 1.85. The van der Waals surface area contributed by atoms with Crippen molar-refractivity contribution >= 4 is 6.29 Å². The molecule has 2 aromatic rings. The second-order valence-electron chi connectivity index (χ2n) is 4.66. The molecule has 0 aliphatic heterocycles. The Morgan fingerprint density at radius 2 is 2.05 bits per heavy atom. The van der Waals surface area contributed by atoms with Gasteiger partial charge in [-0.25, -0.2) is 9.49 Å². The van der Waals surface area contributed by atoms with E-state index in [4.69, 9.17) is 0 Å². The second-order valence-corrected chi connectivity index (χ2v) is 4.66. The molecule has 1 N–H and O–H groups in total. The molecule has 0 fully saturated rings. The van der Waals surface area contributed by atoms with Crippen molar-refractivity contribution in [2.45, 2.75) is 19.3 Å². The molecule has 0 aliphatic carbocycles. The standard InChI is InChI=1S/C14H11FN2O2.K/c1-14(2,8-18)10-5-9(6-11(15)7-10)12-3-4-13(19)17-16-12;/h3-6H,1-2H3,(H,17,19);/q-2;+1. The summed E-state index contributed by atoms with van der Waals surface area (Å²) in [6.45, 7) is 3.24. The van der Waals surface area contributed by atoms with Crippen LogP contribution < -0.4 is 56.9 Å². The fourth-order valence-electron chi connectivity index (χ4n) is 1.58. The molecule has 2 rings (SSSR count). The van der Waals surface area contributed by atoms with Gasteiger partial charge in [-0.2, -0.15) is 16.7 Å². The zero-order chi connectivity index (χ0) is 14.0. The molecular weight excluding hydrogens is 286 g/mol. The third kappa shape index (κ3) is 3.92. The van der Waals surface area contributed by atoms with Gasteiger partial charge in [-0.3, -0.25) is 11.1 Å². The Morgan fingerprint density at radius 1 is 1.35 bits per heavy atom. The van der Waals surface area contributed by atoms with Crippen molar-refractivity contribution in [3.8, 4) is 11.3 Å². The van der Waals surface area contributed by atoms with Crippen molar-refractivity contribution < 1.29 is 60.6 Å². The third-order valence-corrected chi connectivity index (χ3v) is 2.74. The van der Waals surface area contributed by atoms with Crippen molar-refractivity contribution in [2.24, 2.45) is 0 Å². The van der Waals surface area contributed by atoms with Crippen LogP contribution in [0.4, 0.5) is 4.39 Å². The zero-order valence-corrected chi connectivity index (χ0v) is 14.6. The molecule has 0 amide bonds. The minimum Gasteiger partial charge on any atom is -0.541 e. The SMILES string of the molecule is CC(C)([C-]=O)c1[c-]c(F)cc(-c2ccc(=O)[nH]n2)c1.[K+]. The number of H-pyrrole nitrogens is 1. The topological polar surface area (TPSA) is 62.8 Å². The second kappa shape index (κ2) is 6.86. The Bertz CT molecular complexity index is 663. The molecule has 0 unspecified atom stereocenters. The summed E-state index contributed by atoms with van der Waals surface area (Å²) in [4.78, 5) is 21.8. The minimum atomic E-state index is -0.959. The Morgan fingerprint density at radius 3 is 2.60 bits per heavy atom. The molecule has 0 saturated carbocycles. The van der Waals surface area contributed by atoms with Crippen molar-refractivity contribution in [3.05, 3.63) is 52.1 Å². The van der Waals surface area contributed by atoms with E-state index in [1.807, 2.05) is 6.29 Å². The molecule has 20 heavy (non-hydrogen) atoms. The molecule has 6 heteroatoms. The number of nitrogens with zero attached hydrogens (tertiary/aromatic N) is 1. The van der Waals surface area contributed by atoms with Gasteiger partial charge in [0.05, 0.1) is 5.69 Å². The summed E-state index contributed by atoms with van der Waals surface area (Å²) in [5.74, 6) is -0.594. The average molecular weight is 297 g/mol. The van der Waals surface area contributed by atoms with E-state index < -0.39 is 11.2 Å². The molecule has 0 atom stereocenters. The van der Waals surface area contributed by atoms with Gasteiger partial charge in [0.1, 0.15) is 0 Å². The first-order valence-electron chi connectivity index (χ1n) is 5.61. The Labute approximate surface area is 158 Å². The van der Waals surface area contributed by atoms with Gasteiger partial charge in [0.25, 0.3) is 5.56 Å². The average Bonchev–Trinajstić information content (AvgIpc) is 2.39. The molecule has 0 radical (unpaired) electrons. The third-order valence-electron chi connectivity index (χ3n) is 2.74. The van der Waals surface area contributed by atoms with Crippen LogP contribution in [0.3, 0.4) is 0 Å². The zero-order valence-electron chi connectivity index (χ0n) is 11.5. The summed E-state index contributed by atoms with van der Waals surface area (Å²) < 4.78 is 13.6. The van der Waals surface area contributed by atoms with E-state index in [9.17, 15) is 14.0 Å². The van der Waals surface area contributed by atoms with Gasteiger partial charge in [-0.05, 0) is 6.07 Å². The summed E-state index contributed by atoms with van der Waals surface area (Å²) in [6, 6.07) is 8.12. The molecule has 1 aromatic carbocycles. The number of halogens is 1. The number of aromatic amines is 1. The van der Waals surface area contributed by atoms with Gasteiger partial charge < -0.3 is 4.79 Å². The maximum atomic E-state index is 13.6. The van der Waals surface area contributed by atoms with Crippen LogP contribution in [0.15, 0.2) is 29.1 Å². The van der Waals surface area contributed by atoms with Gasteiger partial charge in [0, 0.05) is 11.9 Å². The first-order chi connectivity index (χ1) is 8.92. The predicted molar refractivity (Wildman–Crippen MR) is 67.8 cm³/mol. The molecule has 0 saturated heterocycles. The Hall–Kier alpha value is -0.664. The fraction of sp³-hybridized carbons (Fsp3) is 0.214. The number of rotatable bonds is 3. The number of aromatic nitrogens is 2. The first-order valence-corrected chi connectivity index (χ1v) is 5.61. The maximum absolute atomic E-state index is 13.6. The molecule has 0 spiro atoms. The molecule has 1 aromatic heterocycles. The fourth-order valence-corrected chi connectivity index (χ4v) is 1.58. The van der Waals surface area contributed by atoms with E-state index in [0.29, 0.717) is 16.8 Å².